The van der Waals surface area contributed by atoms with Crippen molar-refractivity contribution in [1.29, 1.82) is 0 Å². The Hall–Kier alpha value is -5.50. The maximum Gasteiger partial charge on any atom is 1.00 e. The molecule has 6 rings (SSSR count). The number of nitrogens with zero attached hydrogens (tertiary/aromatic N) is 3. The van der Waals surface area contributed by atoms with E-state index in [9.17, 15) is 42.4 Å². The molecule has 0 aliphatic heterocycles. The van der Waals surface area contributed by atoms with E-state index in [1.165, 1.54) is 60.7 Å². The van der Waals surface area contributed by atoms with Crippen LogP contribution in [0.5, 0.6) is 5.75 Å². The zero-order valence-corrected chi connectivity index (χ0v) is 35.2. The summed E-state index contributed by atoms with van der Waals surface area (Å²) in [7, 11) is -4.93. The first-order valence-corrected chi connectivity index (χ1v) is 17.5. The Morgan fingerprint density at radius 2 is 1.33 bits per heavy atom. The molecule has 276 valence electrons. The van der Waals surface area contributed by atoms with E-state index in [1.807, 2.05) is 0 Å². The van der Waals surface area contributed by atoms with Gasteiger partial charge in [-0.1, -0.05) is 11.8 Å². The number of rotatable bonds is 10. The second-order valence-corrected chi connectivity index (χ2v) is 13.4. The third kappa shape index (κ3) is 10.7. The number of allylic oxidation sites excluding steroid dienone is 1. The zero-order valence-electron chi connectivity index (χ0n) is 30.4. The molecule has 19 heteroatoms. The third-order valence-electron chi connectivity index (χ3n) is 8.09. The standard InChI is InChI=1S/C38H29N7O9S.2Na/c1-20-16-28(11-14-31(20)44-42-25-8-4-22(5-9-25)37(49)41-27-12-15-32(46)30(19-27)38(50)51)43-45-34-33(55(52,53)54)18-23-17-26(10-13-29(23)35(34)47)40-36(48)21-2-6-24(39)7-3-21;;/h2-19,43,46H,39H2,1H3,(H,40,48)(H,41,49)(H,50,51)(H,52,53,54);;/q;2*+1/p-2. The summed E-state index contributed by atoms with van der Waals surface area (Å²) in [6.07, 6.45) is 1.08. The average Bonchev–Trinajstić information content (AvgIpc) is 3.14. The molecule has 6 N–H and O–H groups in total. The number of Topliss-reactive ketones (excluding diaryl/α,β-unsaturated/α-hetero) is 1. The van der Waals surface area contributed by atoms with Crippen LogP contribution in [0.4, 0.5) is 34.1 Å². The van der Waals surface area contributed by atoms with Gasteiger partial charge in [0.1, 0.15) is 4.91 Å². The number of aromatic carboxylic acids is 1. The Morgan fingerprint density at radius 3 is 1.93 bits per heavy atom. The summed E-state index contributed by atoms with van der Waals surface area (Å²) in [4.78, 5) is 49.1. The van der Waals surface area contributed by atoms with Gasteiger partial charge >= 0.3 is 59.1 Å². The van der Waals surface area contributed by atoms with Gasteiger partial charge in [0, 0.05) is 33.8 Å². The molecule has 0 fully saturated rings. The van der Waals surface area contributed by atoms with Gasteiger partial charge in [0.05, 0.1) is 23.0 Å². The second kappa shape index (κ2) is 18.6. The summed E-state index contributed by atoms with van der Waals surface area (Å²) >= 11 is 0. The topological polar surface area (TPSA) is 268 Å². The van der Waals surface area contributed by atoms with E-state index >= 15 is 0 Å². The molecule has 57 heavy (non-hydrogen) atoms. The van der Waals surface area contributed by atoms with Crippen LogP contribution >= 0.6 is 0 Å². The molecule has 0 atom stereocenters. The minimum Gasteiger partial charge on any atom is -0.872 e. The van der Waals surface area contributed by atoms with Crippen LogP contribution in [0.3, 0.4) is 0 Å². The number of azo groups is 1. The van der Waals surface area contributed by atoms with E-state index in [0.29, 0.717) is 33.9 Å². The predicted octanol–water partition coefficient (Wildman–Crippen LogP) is -1.16. The number of ketones is 1. The summed E-state index contributed by atoms with van der Waals surface area (Å²) in [5, 5.41) is 40.4. The number of aryl methyl sites for hydroxylation is 1. The van der Waals surface area contributed by atoms with E-state index in [-0.39, 0.29) is 87.2 Å². The molecule has 0 aromatic heterocycles. The molecule has 0 spiro atoms. The number of nitrogens with one attached hydrogen (secondary N) is 3. The van der Waals surface area contributed by atoms with Crippen molar-refractivity contribution in [3.05, 3.63) is 141 Å². The number of carbonyl (C=O) groups excluding carboxylic acids is 4. The van der Waals surface area contributed by atoms with Crippen molar-refractivity contribution in [2.24, 2.45) is 15.3 Å². The van der Waals surface area contributed by atoms with Crippen molar-refractivity contribution >= 4 is 79.6 Å². The molecule has 0 radical (unpaired) electrons. The smallest absolute Gasteiger partial charge is 0.872 e. The number of anilines is 4. The van der Waals surface area contributed by atoms with Gasteiger partial charge in [-0.15, -0.1) is 0 Å². The molecular weight excluding hydrogens is 777 g/mol. The summed E-state index contributed by atoms with van der Waals surface area (Å²) in [6, 6.07) is 24.6. The van der Waals surface area contributed by atoms with E-state index in [4.69, 9.17) is 5.73 Å². The molecule has 0 saturated carbocycles. The summed E-state index contributed by atoms with van der Waals surface area (Å²) < 4.78 is 34.7. The molecule has 1 aliphatic rings. The summed E-state index contributed by atoms with van der Waals surface area (Å²) in [5.74, 6) is -4.21. The van der Waals surface area contributed by atoms with Crippen molar-refractivity contribution < 1.29 is 101 Å². The van der Waals surface area contributed by atoms with Gasteiger partial charge < -0.3 is 31.4 Å². The first kappa shape index (κ1) is 44.2. The van der Waals surface area contributed by atoms with Gasteiger partial charge in [0.15, 0.2) is 5.71 Å². The van der Waals surface area contributed by atoms with Gasteiger partial charge in [-0.05, 0) is 127 Å². The fraction of sp³-hybridized carbons (Fsp3) is 0.0263. The molecule has 5 aromatic rings. The van der Waals surface area contributed by atoms with Gasteiger partial charge in [-0.3, -0.25) is 24.4 Å². The Balaban J connectivity index is 0.00000360. The Bertz CT molecular complexity index is 2610. The fourth-order valence-electron chi connectivity index (χ4n) is 5.28. The zero-order chi connectivity index (χ0) is 39.4. The van der Waals surface area contributed by atoms with Crippen LogP contribution in [0.25, 0.3) is 6.08 Å². The number of hydrogen-bond acceptors (Lipinski definition) is 13. The first-order chi connectivity index (χ1) is 26.2. The fourth-order valence-corrected chi connectivity index (χ4v) is 5.93. The van der Waals surface area contributed by atoms with Gasteiger partial charge in [0.25, 0.3) is 21.9 Å². The third-order valence-corrected chi connectivity index (χ3v) is 8.96. The van der Waals surface area contributed by atoms with Gasteiger partial charge in [-0.25, -0.2) is 0 Å². The van der Waals surface area contributed by atoms with Crippen molar-refractivity contribution in [3.8, 4) is 5.75 Å². The molecule has 0 heterocycles. The number of carbonyl (C=O) groups is 4. The largest absolute Gasteiger partial charge is 1.00 e. The number of hydrogen-bond donors (Lipinski definition) is 5. The van der Waals surface area contributed by atoms with Crippen molar-refractivity contribution in [3.63, 3.8) is 0 Å². The van der Waals surface area contributed by atoms with Gasteiger partial charge in [0.2, 0.25) is 5.78 Å². The van der Waals surface area contributed by atoms with Crippen molar-refractivity contribution in [1.82, 2.24) is 0 Å². The maximum atomic E-state index is 13.4. The summed E-state index contributed by atoms with van der Waals surface area (Å²) in [6.45, 7) is 1.72. The molecule has 0 unspecified atom stereocenters. The molecule has 5 aromatic carbocycles. The number of nitrogen functional groups attached to an aromatic ring is 1. The van der Waals surface area contributed by atoms with E-state index in [1.54, 1.807) is 37.3 Å². The molecule has 2 amide bonds. The number of carboxylic acids is 1. The van der Waals surface area contributed by atoms with Crippen LogP contribution in [-0.2, 0) is 10.1 Å². The van der Waals surface area contributed by atoms with Crippen LogP contribution in [-0.4, -0.2) is 42.2 Å². The number of hydrazone groups is 1. The van der Waals surface area contributed by atoms with E-state index in [0.717, 1.165) is 18.2 Å². The quantitative estimate of drug-likeness (QED) is 0.0369. The van der Waals surface area contributed by atoms with Crippen LogP contribution in [0, 0.1) is 6.92 Å². The van der Waals surface area contributed by atoms with Gasteiger partial charge in [-0.2, -0.15) is 23.7 Å². The average molecular weight is 804 g/mol. The van der Waals surface area contributed by atoms with E-state index in [2.05, 4.69) is 31.4 Å². The van der Waals surface area contributed by atoms with Crippen molar-refractivity contribution in [2.75, 3.05) is 21.8 Å². The maximum absolute atomic E-state index is 13.4. The number of carboxylic acid groups (broad SMARTS) is 1. The second-order valence-electron chi connectivity index (χ2n) is 12.0. The minimum atomic E-state index is -4.93. The van der Waals surface area contributed by atoms with Crippen molar-refractivity contribution in [2.45, 2.75) is 6.92 Å². The number of benzene rings is 5. The number of nitrogens with two attached hydrogens (primary N) is 1. The van der Waals surface area contributed by atoms with Crippen LogP contribution in [0.1, 0.15) is 52.6 Å². The van der Waals surface area contributed by atoms with Crippen LogP contribution in [0.2, 0.25) is 0 Å². The predicted molar refractivity (Wildman–Crippen MR) is 200 cm³/mol. The normalized spacial score (nSPS) is 12.8. The number of fused-ring (bicyclic) bond motifs is 1. The van der Waals surface area contributed by atoms with Crippen LogP contribution < -0.4 is 91.1 Å². The summed E-state index contributed by atoms with van der Waals surface area (Å²) in [5.41, 5.74) is 10.6. The molecular formula is C38H27N7Na2O9S. The Labute approximate surface area is 369 Å². The molecule has 1 aliphatic carbocycles. The number of amides is 2. The molecule has 16 nitrogen and oxygen atoms in total. The first-order valence-electron chi connectivity index (χ1n) is 16.0. The van der Waals surface area contributed by atoms with E-state index < -0.39 is 55.6 Å². The van der Waals surface area contributed by atoms with Crippen LogP contribution in [0.15, 0.2) is 123 Å². The molecule has 0 saturated heterocycles. The monoisotopic (exact) mass is 803 g/mol. The Kier molecular flexibility index (Phi) is 14.5. The minimum absolute atomic E-state index is 0. The Morgan fingerprint density at radius 1 is 0.754 bits per heavy atom. The molecule has 0 bridgehead atoms. The SMILES string of the molecule is Cc1cc(NN=C2C(=O)c3ccc(NC(=O)c4ccc(N)cc4)cc3C=C2S(=O)(=O)O)ccc1N=Nc1ccc(C(=O)Nc2ccc([O-])c(C(=O)[O-])c2)cc1.[Na+].[Na+].